The molecule has 1 N–H and O–H groups in total. The number of aliphatic hydroxyl groups excluding tert-OH is 1. The van der Waals surface area contributed by atoms with Gasteiger partial charge in [0.15, 0.2) is 0 Å². The Labute approximate surface area is 89.7 Å². The lowest BCUT2D eigenvalue weighted by Gasteiger charge is -2.34. The van der Waals surface area contributed by atoms with Gasteiger partial charge in [-0.25, -0.2) is 4.68 Å². The number of likely N-dealkylation sites (N-methyl/N-ethyl adjacent to an activating group) is 1. The molecule has 0 spiro atoms. The molecule has 1 aromatic heterocycles. The van der Waals surface area contributed by atoms with Crippen molar-refractivity contribution in [3.63, 3.8) is 0 Å². The van der Waals surface area contributed by atoms with Crippen LogP contribution in [0, 0.1) is 6.92 Å². The molecule has 5 heteroatoms. The molecule has 1 fully saturated rings. The van der Waals surface area contributed by atoms with E-state index in [0.717, 1.165) is 31.7 Å². The highest BCUT2D eigenvalue weighted by Crippen LogP contribution is 2.21. The molecule has 0 bridgehead atoms. The van der Waals surface area contributed by atoms with Gasteiger partial charge >= 0.3 is 0 Å². The van der Waals surface area contributed by atoms with E-state index in [4.69, 9.17) is 0 Å². The second kappa shape index (κ2) is 4.28. The quantitative estimate of drug-likeness (QED) is 0.758. The Balaban J connectivity index is 2.05. The highest BCUT2D eigenvalue weighted by molar-refractivity contribution is 4.92. The molecule has 1 saturated heterocycles. The van der Waals surface area contributed by atoms with Crippen LogP contribution < -0.4 is 0 Å². The van der Waals surface area contributed by atoms with Crippen molar-refractivity contribution in [2.75, 3.05) is 19.6 Å². The van der Waals surface area contributed by atoms with Gasteiger partial charge < -0.3 is 10.0 Å². The Kier molecular flexibility index (Phi) is 3.02. The molecule has 1 aliphatic rings. The van der Waals surface area contributed by atoms with Crippen molar-refractivity contribution in [3.05, 3.63) is 11.9 Å². The average molecular weight is 210 g/mol. The normalized spacial score (nSPS) is 28.2. The summed E-state index contributed by atoms with van der Waals surface area (Å²) in [5.74, 6) is 0. The lowest BCUT2D eigenvalue weighted by Crippen LogP contribution is -2.44. The summed E-state index contributed by atoms with van der Waals surface area (Å²) in [5, 5.41) is 18.0. The maximum Gasteiger partial charge on any atom is 0.0891 e. The number of aromatic nitrogens is 3. The molecule has 0 aliphatic carbocycles. The Morgan fingerprint density at radius 2 is 2.40 bits per heavy atom. The number of aliphatic hydroxyl groups is 1. The number of aryl methyl sites for hydroxylation is 1. The molecule has 0 radical (unpaired) electrons. The smallest absolute Gasteiger partial charge is 0.0891 e. The number of piperidine rings is 1. The SMILES string of the molecule is CCN1CC[C@@H](n2cc(C)nn2)[C@H](O)C1. The predicted octanol–water partition coefficient (Wildman–Crippen LogP) is 0.214. The van der Waals surface area contributed by atoms with Gasteiger partial charge in [0.2, 0.25) is 0 Å². The van der Waals surface area contributed by atoms with Crippen LogP contribution >= 0.6 is 0 Å². The molecule has 15 heavy (non-hydrogen) atoms. The van der Waals surface area contributed by atoms with Gasteiger partial charge in [-0.05, 0) is 19.9 Å². The Morgan fingerprint density at radius 3 is 2.93 bits per heavy atom. The van der Waals surface area contributed by atoms with Gasteiger partial charge in [0, 0.05) is 19.3 Å². The molecule has 0 unspecified atom stereocenters. The van der Waals surface area contributed by atoms with Crippen molar-refractivity contribution in [2.45, 2.75) is 32.4 Å². The minimum absolute atomic E-state index is 0.0917. The van der Waals surface area contributed by atoms with E-state index in [1.807, 2.05) is 13.1 Å². The van der Waals surface area contributed by atoms with E-state index in [1.54, 1.807) is 4.68 Å². The van der Waals surface area contributed by atoms with Crippen LogP contribution in [-0.2, 0) is 0 Å². The Hall–Kier alpha value is -0.940. The molecule has 5 nitrogen and oxygen atoms in total. The monoisotopic (exact) mass is 210 g/mol. The summed E-state index contributed by atoms with van der Waals surface area (Å²) in [6.45, 7) is 6.79. The first kappa shape index (κ1) is 10.6. The fourth-order valence-corrected chi connectivity index (χ4v) is 2.11. The van der Waals surface area contributed by atoms with Crippen LogP contribution in [0.15, 0.2) is 6.20 Å². The van der Waals surface area contributed by atoms with Gasteiger partial charge in [-0.3, -0.25) is 0 Å². The minimum Gasteiger partial charge on any atom is -0.390 e. The van der Waals surface area contributed by atoms with Gasteiger partial charge in [0.25, 0.3) is 0 Å². The molecular formula is C10H18N4O. The minimum atomic E-state index is -0.334. The van der Waals surface area contributed by atoms with Crippen molar-refractivity contribution < 1.29 is 5.11 Å². The Bertz CT molecular complexity index is 325. The van der Waals surface area contributed by atoms with Crippen molar-refractivity contribution in [3.8, 4) is 0 Å². The van der Waals surface area contributed by atoms with Gasteiger partial charge in [-0.1, -0.05) is 12.1 Å². The first-order valence-electron chi connectivity index (χ1n) is 5.49. The summed E-state index contributed by atoms with van der Waals surface area (Å²) in [5.41, 5.74) is 0.903. The topological polar surface area (TPSA) is 54.2 Å². The van der Waals surface area contributed by atoms with Crippen LogP contribution in [0.25, 0.3) is 0 Å². The summed E-state index contributed by atoms with van der Waals surface area (Å²) in [7, 11) is 0. The zero-order valence-electron chi connectivity index (χ0n) is 9.30. The second-order valence-electron chi connectivity index (χ2n) is 4.16. The van der Waals surface area contributed by atoms with E-state index in [9.17, 15) is 5.11 Å². The molecular weight excluding hydrogens is 192 g/mol. The molecule has 1 aliphatic heterocycles. The first-order valence-corrected chi connectivity index (χ1v) is 5.49. The van der Waals surface area contributed by atoms with Crippen LogP contribution in [0.4, 0.5) is 0 Å². The number of β-amino-alcohol motifs (C(OH)–C–C–N with tert-alkyl or cyclic N) is 1. The number of likely N-dealkylation sites (tertiary alicyclic amines) is 1. The molecule has 2 heterocycles. The third kappa shape index (κ3) is 2.18. The predicted molar refractivity (Wildman–Crippen MR) is 56.5 cm³/mol. The zero-order chi connectivity index (χ0) is 10.8. The van der Waals surface area contributed by atoms with Crippen LogP contribution in [0.2, 0.25) is 0 Å². The van der Waals surface area contributed by atoms with E-state index in [1.165, 1.54) is 0 Å². The number of rotatable bonds is 2. The molecule has 0 aromatic carbocycles. The van der Waals surface area contributed by atoms with Crippen molar-refractivity contribution in [2.24, 2.45) is 0 Å². The van der Waals surface area contributed by atoms with Gasteiger partial charge in [-0.15, -0.1) is 5.10 Å². The highest BCUT2D eigenvalue weighted by Gasteiger charge is 2.28. The largest absolute Gasteiger partial charge is 0.390 e. The van der Waals surface area contributed by atoms with Crippen LogP contribution in [-0.4, -0.2) is 50.7 Å². The molecule has 84 valence electrons. The second-order valence-corrected chi connectivity index (χ2v) is 4.16. The van der Waals surface area contributed by atoms with E-state index in [2.05, 4.69) is 22.1 Å². The third-order valence-corrected chi connectivity index (χ3v) is 3.04. The number of nitrogens with zero attached hydrogens (tertiary/aromatic N) is 4. The average Bonchev–Trinajstić information content (AvgIpc) is 2.64. The van der Waals surface area contributed by atoms with Crippen molar-refractivity contribution >= 4 is 0 Å². The van der Waals surface area contributed by atoms with E-state index in [0.29, 0.717) is 0 Å². The molecule has 2 rings (SSSR count). The summed E-state index contributed by atoms with van der Waals surface area (Å²) >= 11 is 0. The van der Waals surface area contributed by atoms with Crippen molar-refractivity contribution in [1.82, 2.24) is 19.9 Å². The highest BCUT2D eigenvalue weighted by atomic mass is 16.3. The fraction of sp³-hybridized carbons (Fsp3) is 0.800. The number of hydrogen-bond donors (Lipinski definition) is 1. The summed E-state index contributed by atoms with van der Waals surface area (Å²) in [6, 6.07) is 0.0917. The number of hydrogen-bond acceptors (Lipinski definition) is 4. The fourth-order valence-electron chi connectivity index (χ4n) is 2.11. The molecule has 0 amide bonds. The zero-order valence-corrected chi connectivity index (χ0v) is 9.30. The Morgan fingerprint density at radius 1 is 1.60 bits per heavy atom. The van der Waals surface area contributed by atoms with Gasteiger partial charge in [-0.2, -0.15) is 0 Å². The standard InChI is InChI=1S/C10H18N4O/c1-3-13-5-4-9(10(15)7-13)14-6-8(2)11-12-14/h6,9-10,15H,3-5,7H2,1-2H3/t9-,10-/m1/s1. The van der Waals surface area contributed by atoms with Crippen LogP contribution in [0.3, 0.4) is 0 Å². The summed E-state index contributed by atoms with van der Waals surface area (Å²) in [6.07, 6.45) is 2.51. The van der Waals surface area contributed by atoms with E-state index < -0.39 is 0 Å². The maximum absolute atomic E-state index is 10.0. The van der Waals surface area contributed by atoms with Gasteiger partial charge in [0.05, 0.1) is 17.8 Å². The van der Waals surface area contributed by atoms with Gasteiger partial charge in [0.1, 0.15) is 0 Å². The molecule has 2 atom stereocenters. The lowest BCUT2D eigenvalue weighted by molar-refractivity contribution is 0.0242. The first-order chi connectivity index (χ1) is 7.20. The molecule has 0 saturated carbocycles. The summed E-state index contributed by atoms with van der Waals surface area (Å²) in [4.78, 5) is 2.25. The lowest BCUT2D eigenvalue weighted by atomic mass is 10.0. The van der Waals surface area contributed by atoms with Crippen LogP contribution in [0.5, 0.6) is 0 Å². The van der Waals surface area contributed by atoms with E-state index in [-0.39, 0.29) is 12.1 Å². The summed E-state index contributed by atoms with van der Waals surface area (Å²) < 4.78 is 1.80. The van der Waals surface area contributed by atoms with Crippen molar-refractivity contribution in [1.29, 1.82) is 0 Å². The van der Waals surface area contributed by atoms with Crippen LogP contribution in [0.1, 0.15) is 25.1 Å². The molecule has 1 aromatic rings. The maximum atomic E-state index is 10.0. The third-order valence-electron chi connectivity index (χ3n) is 3.04. The van der Waals surface area contributed by atoms with E-state index >= 15 is 0 Å².